The van der Waals surface area contributed by atoms with Crippen molar-refractivity contribution in [2.75, 3.05) is 6.54 Å². The summed E-state index contributed by atoms with van der Waals surface area (Å²) in [5.41, 5.74) is 3.75. The fourth-order valence-corrected chi connectivity index (χ4v) is 4.18. The standard InChI is InChI=1S/C25H22Cl2N2O2/c26-19-9-5-16(6-10-19)13-18(17-7-11-20(27)12-8-17)15-28-24(30)14-23-21-3-1-2-4-22(21)25(31)29-23/h1-12,18,23H,13-15H2,(H,28,30)(H,29,31)/t18-,23?/m0/s1. The maximum Gasteiger partial charge on any atom is 0.252 e. The number of rotatable bonds is 7. The van der Waals surface area contributed by atoms with Crippen LogP contribution in [0.15, 0.2) is 72.8 Å². The highest BCUT2D eigenvalue weighted by Crippen LogP contribution is 2.28. The smallest absolute Gasteiger partial charge is 0.252 e. The van der Waals surface area contributed by atoms with Crippen LogP contribution < -0.4 is 10.6 Å². The lowest BCUT2D eigenvalue weighted by molar-refractivity contribution is -0.121. The van der Waals surface area contributed by atoms with Gasteiger partial charge in [0.1, 0.15) is 0 Å². The van der Waals surface area contributed by atoms with Gasteiger partial charge in [-0.15, -0.1) is 0 Å². The predicted octanol–water partition coefficient (Wildman–Crippen LogP) is 5.31. The van der Waals surface area contributed by atoms with Crippen molar-refractivity contribution in [2.45, 2.75) is 24.8 Å². The van der Waals surface area contributed by atoms with Gasteiger partial charge in [0.2, 0.25) is 5.91 Å². The van der Waals surface area contributed by atoms with Crippen molar-refractivity contribution in [3.8, 4) is 0 Å². The number of fused-ring (bicyclic) bond motifs is 1. The van der Waals surface area contributed by atoms with Crippen LogP contribution in [0, 0.1) is 0 Å². The Bertz CT molecular complexity index is 1080. The third-order valence-electron chi connectivity index (χ3n) is 5.56. The number of nitrogens with one attached hydrogen (secondary N) is 2. The molecule has 3 aromatic carbocycles. The third-order valence-corrected chi connectivity index (χ3v) is 6.06. The number of hydrogen-bond donors (Lipinski definition) is 2. The average molecular weight is 453 g/mol. The molecule has 0 saturated heterocycles. The van der Waals surface area contributed by atoms with E-state index in [1.807, 2.05) is 66.7 Å². The number of halogens is 2. The Morgan fingerprint density at radius 2 is 1.58 bits per heavy atom. The van der Waals surface area contributed by atoms with Gasteiger partial charge in [0.15, 0.2) is 0 Å². The molecule has 4 rings (SSSR count). The minimum atomic E-state index is -0.297. The van der Waals surface area contributed by atoms with E-state index in [9.17, 15) is 9.59 Å². The summed E-state index contributed by atoms with van der Waals surface area (Å²) in [6, 6.07) is 22.5. The zero-order valence-corrected chi connectivity index (χ0v) is 18.3. The third kappa shape index (κ3) is 5.27. The normalized spacial score (nSPS) is 15.8. The molecular formula is C25H22Cl2N2O2. The van der Waals surface area contributed by atoms with Gasteiger partial charge in [0, 0.05) is 28.1 Å². The number of hydrogen-bond acceptors (Lipinski definition) is 2. The largest absolute Gasteiger partial charge is 0.355 e. The molecule has 158 valence electrons. The lowest BCUT2D eigenvalue weighted by Crippen LogP contribution is -2.32. The molecule has 2 N–H and O–H groups in total. The van der Waals surface area contributed by atoms with Crippen LogP contribution in [0.5, 0.6) is 0 Å². The van der Waals surface area contributed by atoms with E-state index in [-0.39, 0.29) is 30.2 Å². The molecule has 1 aliphatic heterocycles. The molecule has 1 unspecified atom stereocenters. The zero-order chi connectivity index (χ0) is 21.8. The van der Waals surface area contributed by atoms with Gasteiger partial charge in [-0.25, -0.2) is 0 Å². The molecule has 1 aliphatic rings. The Balaban J connectivity index is 1.43. The van der Waals surface area contributed by atoms with Gasteiger partial charge in [-0.05, 0) is 53.4 Å². The monoisotopic (exact) mass is 452 g/mol. The first-order valence-electron chi connectivity index (χ1n) is 10.2. The maximum atomic E-state index is 12.7. The molecule has 0 bridgehead atoms. The average Bonchev–Trinajstić information content (AvgIpc) is 3.08. The summed E-state index contributed by atoms with van der Waals surface area (Å²) in [6.45, 7) is 0.478. The van der Waals surface area contributed by atoms with Gasteiger partial charge in [0.25, 0.3) is 5.91 Å². The van der Waals surface area contributed by atoms with E-state index in [1.165, 1.54) is 0 Å². The molecule has 0 fully saturated rings. The van der Waals surface area contributed by atoms with E-state index >= 15 is 0 Å². The van der Waals surface area contributed by atoms with Crippen molar-refractivity contribution in [1.82, 2.24) is 10.6 Å². The second-order valence-corrected chi connectivity index (χ2v) is 8.57. The molecule has 0 aromatic heterocycles. The number of carbonyl (C=O) groups excluding carboxylic acids is 2. The van der Waals surface area contributed by atoms with Crippen molar-refractivity contribution < 1.29 is 9.59 Å². The number of carbonyl (C=O) groups is 2. The second-order valence-electron chi connectivity index (χ2n) is 7.70. The van der Waals surface area contributed by atoms with Crippen LogP contribution in [0.3, 0.4) is 0 Å². The topological polar surface area (TPSA) is 58.2 Å². The lowest BCUT2D eigenvalue weighted by atomic mass is 9.91. The molecule has 6 heteroatoms. The Hall–Kier alpha value is -2.82. The van der Waals surface area contributed by atoms with E-state index in [0.717, 1.165) is 23.1 Å². The van der Waals surface area contributed by atoms with Gasteiger partial charge in [-0.3, -0.25) is 9.59 Å². The highest BCUT2D eigenvalue weighted by Gasteiger charge is 2.29. The molecule has 0 spiro atoms. The number of amides is 2. The molecular weight excluding hydrogens is 431 g/mol. The van der Waals surface area contributed by atoms with Crippen molar-refractivity contribution in [2.24, 2.45) is 0 Å². The summed E-state index contributed by atoms with van der Waals surface area (Å²) in [6.07, 6.45) is 0.957. The lowest BCUT2D eigenvalue weighted by Gasteiger charge is -2.20. The van der Waals surface area contributed by atoms with E-state index in [2.05, 4.69) is 10.6 Å². The van der Waals surface area contributed by atoms with E-state index in [4.69, 9.17) is 23.2 Å². The summed E-state index contributed by atoms with van der Waals surface area (Å²) in [7, 11) is 0. The zero-order valence-electron chi connectivity index (χ0n) is 16.8. The maximum absolute atomic E-state index is 12.7. The summed E-state index contributed by atoms with van der Waals surface area (Å²) in [4.78, 5) is 24.8. The summed E-state index contributed by atoms with van der Waals surface area (Å²) in [5.74, 6) is -0.153. The Morgan fingerprint density at radius 1 is 0.935 bits per heavy atom. The first kappa shape index (κ1) is 21.4. The second kappa shape index (κ2) is 9.54. The minimum absolute atomic E-state index is 0.0767. The molecule has 2 amide bonds. The summed E-state index contributed by atoms with van der Waals surface area (Å²) >= 11 is 12.1. The minimum Gasteiger partial charge on any atom is -0.355 e. The molecule has 3 aromatic rings. The molecule has 0 aliphatic carbocycles. The van der Waals surface area contributed by atoms with Crippen LogP contribution >= 0.6 is 23.2 Å². The molecule has 1 heterocycles. The Labute approximate surface area is 191 Å². The molecule has 2 atom stereocenters. The first-order valence-corrected chi connectivity index (χ1v) is 10.9. The van der Waals surface area contributed by atoms with Crippen molar-refractivity contribution in [3.05, 3.63) is 105 Å². The van der Waals surface area contributed by atoms with Crippen LogP contribution in [0.25, 0.3) is 0 Å². The molecule has 0 saturated carbocycles. The van der Waals surface area contributed by atoms with Crippen molar-refractivity contribution in [1.29, 1.82) is 0 Å². The van der Waals surface area contributed by atoms with Crippen molar-refractivity contribution >= 4 is 35.0 Å². The fraction of sp³-hybridized carbons (Fsp3) is 0.200. The Kier molecular flexibility index (Phi) is 6.59. The van der Waals surface area contributed by atoms with Crippen LogP contribution in [-0.4, -0.2) is 18.4 Å². The quantitative estimate of drug-likeness (QED) is 0.510. The van der Waals surface area contributed by atoms with Gasteiger partial charge in [-0.1, -0.05) is 65.7 Å². The van der Waals surface area contributed by atoms with E-state index in [1.54, 1.807) is 6.07 Å². The van der Waals surface area contributed by atoms with E-state index < -0.39 is 0 Å². The number of benzene rings is 3. The van der Waals surface area contributed by atoms with Gasteiger partial charge in [0.05, 0.1) is 12.5 Å². The van der Waals surface area contributed by atoms with Crippen molar-refractivity contribution in [3.63, 3.8) is 0 Å². The van der Waals surface area contributed by atoms with Gasteiger partial charge < -0.3 is 10.6 Å². The highest BCUT2D eigenvalue weighted by molar-refractivity contribution is 6.30. The van der Waals surface area contributed by atoms with Gasteiger partial charge >= 0.3 is 0 Å². The first-order chi connectivity index (χ1) is 15.0. The Morgan fingerprint density at radius 3 is 2.29 bits per heavy atom. The summed E-state index contributed by atoms with van der Waals surface area (Å²) in [5, 5.41) is 7.31. The van der Waals surface area contributed by atoms with E-state index in [0.29, 0.717) is 22.2 Å². The molecule has 4 nitrogen and oxygen atoms in total. The molecule has 0 radical (unpaired) electrons. The van der Waals surface area contributed by atoms with Crippen LogP contribution in [0.2, 0.25) is 10.0 Å². The van der Waals surface area contributed by atoms with Crippen LogP contribution in [0.1, 0.15) is 45.4 Å². The van der Waals surface area contributed by atoms with Crippen LogP contribution in [-0.2, 0) is 11.2 Å². The fourth-order valence-electron chi connectivity index (χ4n) is 3.92. The molecule has 31 heavy (non-hydrogen) atoms. The predicted molar refractivity (Wildman–Crippen MR) is 124 cm³/mol. The van der Waals surface area contributed by atoms with Crippen LogP contribution in [0.4, 0.5) is 0 Å². The summed E-state index contributed by atoms with van der Waals surface area (Å²) < 4.78 is 0. The van der Waals surface area contributed by atoms with Gasteiger partial charge in [-0.2, -0.15) is 0 Å². The SMILES string of the molecule is O=C(CC1NC(=O)c2ccccc21)NC[C@H](Cc1ccc(Cl)cc1)c1ccc(Cl)cc1. The highest BCUT2D eigenvalue weighted by atomic mass is 35.5.